The Morgan fingerprint density at radius 1 is 1.12 bits per heavy atom. The maximum atomic E-state index is 8.88. The van der Waals surface area contributed by atoms with Crippen molar-refractivity contribution in [3.05, 3.63) is 47.2 Å². The SMILES string of the molecule is CCNc1cc(C)nc(N2CCN(Cc3ccc(C#N)cc3)CC2)n1. The minimum atomic E-state index is 0.710. The van der Waals surface area contributed by atoms with Gasteiger partial charge in [-0.3, -0.25) is 4.90 Å². The lowest BCUT2D eigenvalue weighted by atomic mass is 10.1. The molecule has 0 bridgehead atoms. The fourth-order valence-electron chi connectivity index (χ4n) is 3.01. The maximum Gasteiger partial charge on any atom is 0.227 e. The molecule has 1 N–H and O–H groups in total. The van der Waals surface area contributed by atoms with Crippen molar-refractivity contribution in [2.24, 2.45) is 0 Å². The topological polar surface area (TPSA) is 68.1 Å². The van der Waals surface area contributed by atoms with Crippen LogP contribution in [0.15, 0.2) is 30.3 Å². The summed E-state index contributed by atoms with van der Waals surface area (Å²) in [6.45, 7) is 9.65. The second kappa shape index (κ2) is 7.95. The number of aryl methyl sites for hydroxylation is 1. The van der Waals surface area contributed by atoms with Crippen molar-refractivity contribution < 1.29 is 0 Å². The third-order valence-electron chi connectivity index (χ3n) is 4.34. The van der Waals surface area contributed by atoms with E-state index in [9.17, 15) is 0 Å². The second-order valence-electron chi connectivity index (χ2n) is 6.30. The predicted octanol–water partition coefficient (Wildman–Crippen LogP) is 2.41. The predicted molar refractivity (Wildman–Crippen MR) is 99.6 cm³/mol. The number of rotatable bonds is 5. The third kappa shape index (κ3) is 4.46. The summed E-state index contributed by atoms with van der Waals surface area (Å²) in [7, 11) is 0. The zero-order valence-corrected chi connectivity index (χ0v) is 14.9. The van der Waals surface area contributed by atoms with Crippen LogP contribution in [0.4, 0.5) is 11.8 Å². The van der Waals surface area contributed by atoms with Gasteiger partial charge in [-0.25, -0.2) is 4.98 Å². The molecule has 0 saturated carbocycles. The van der Waals surface area contributed by atoms with Crippen LogP contribution in [0.3, 0.4) is 0 Å². The van der Waals surface area contributed by atoms with Gasteiger partial charge in [0.25, 0.3) is 0 Å². The van der Waals surface area contributed by atoms with Crippen molar-refractivity contribution in [1.82, 2.24) is 14.9 Å². The Balaban J connectivity index is 1.59. The molecule has 0 radical (unpaired) electrons. The quantitative estimate of drug-likeness (QED) is 0.904. The van der Waals surface area contributed by atoms with Crippen molar-refractivity contribution in [3.8, 4) is 6.07 Å². The van der Waals surface area contributed by atoms with Gasteiger partial charge in [-0.05, 0) is 31.5 Å². The van der Waals surface area contributed by atoms with Crippen LogP contribution in [0.2, 0.25) is 0 Å². The molecular formula is C19H24N6. The highest BCUT2D eigenvalue weighted by Crippen LogP contribution is 2.17. The number of nitriles is 1. The zero-order chi connectivity index (χ0) is 17.6. The van der Waals surface area contributed by atoms with Crippen LogP contribution in [0.25, 0.3) is 0 Å². The van der Waals surface area contributed by atoms with Gasteiger partial charge in [0.15, 0.2) is 0 Å². The molecule has 1 aliphatic rings. The molecule has 3 rings (SSSR count). The first-order chi connectivity index (χ1) is 12.2. The lowest BCUT2D eigenvalue weighted by Crippen LogP contribution is -2.46. The normalized spacial score (nSPS) is 15.0. The van der Waals surface area contributed by atoms with E-state index in [1.807, 2.05) is 37.3 Å². The first kappa shape index (κ1) is 17.2. The Labute approximate surface area is 149 Å². The number of nitrogens with one attached hydrogen (secondary N) is 1. The first-order valence-electron chi connectivity index (χ1n) is 8.74. The van der Waals surface area contributed by atoms with E-state index >= 15 is 0 Å². The highest BCUT2D eigenvalue weighted by atomic mass is 15.3. The van der Waals surface area contributed by atoms with Gasteiger partial charge in [0.05, 0.1) is 11.6 Å². The molecule has 6 heteroatoms. The van der Waals surface area contributed by atoms with E-state index < -0.39 is 0 Å². The van der Waals surface area contributed by atoms with Crippen LogP contribution in [0, 0.1) is 18.3 Å². The van der Waals surface area contributed by atoms with Crippen molar-refractivity contribution >= 4 is 11.8 Å². The summed E-state index contributed by atoms with van der Waals surface area (Å²) in [6, 6.07) is 12.0. The van der Waals surface area contributed by atoms with Crippen molar-refractivity contribution in [1.29, 1.82) is 5.26 Å². The third-order valence-corrected chi connectivity index (χ3v) is 4.34. The van der Waals surface area contributed by atoms with E-state index in [1.165, 1.54) is 5.56 Å². The number of piperazine rings is 1. The largest absolute Gasteiger partial charge is 0.370 e. The van der Waals surface area contributed by atoms with Crippen LogP contribution >= 0.6 is 0 Å². The molecule has 0 amide bonds. The highest BCUT2D eigenvalue weighted by molar-refractivity contribution is 5.44. The van der Waals surface area contributed by atoms with E-state index in [4.69, 9.17) is 5.26 Å². The van der Waals surface area contributed by atoms with Crippen molar-refractivity contribution in [2.75, 3.05) is 42.9 Å². The van der Waals surface area contributed by atoms with E-state index in [0.717, 1.165) is 56.7 Å². The molecule has 1 aliphatic heterocycles. The molecule has 1 saturated heterocycles. The molecule has 0 spiro atoms. The Bertz CT molecular complexity index is 741. The second-order valence-corrected chi connectivity index (χ2v) is 6.30. The molecule has 1 aromatic carbocycles. The lowest BCUT2D eigenvalue weighted by molar-refractivity contribution is 0.248. The minimum absolute atomic E-state index is 0.710. The molecule has 0 atom stereocenters. The molecule has 1 fully saturated rings. The van der Waals surface area contributed by atoms with E-state index in [1.54, 1.807) is 0 Å². The first-order valence-corrected chi connectivity index (χ1v) is 8.74. The number of hydrogen-bond acceptors (Lipinski definition) is 6. The number of aromatic nitrogens is 2. The molecule has 130 valence electrons. The number of hydrogen-bond donors (Lipinski definition) is 1. The van der Waals surface area contributed by atoms with Crippen LogP contribution in [0.5, 0.6) is 0 Å². The summed E-state index contributed by atoms with van der Waals surface area (Å²) in [4.78, 5) is 13.9. The highest BCUT2D eigenvalue weighted by Gasteiger charge is 2.19. The Morgan fingerprint density at radius 3 is 2.48 bits per heavy atom. The maximum absolute atomic E-state index is 8.88. The molecule has 6 nitrogen and oxygen atoms in total. The Morgan fingerprint density at radius 2 is 1.84 bits per heavy atom. The fraction of sp³-hybridized carbons (Fsp3) is 0.421. The molecule has 2 aromatic rings. The van der Waals surface area contributed by atoms with Gasteiger partial charge in [-0.2, -0.15) is 10.2 Å². The van der Waals surface area contributed by atoms with E-state index in [2.05, 4.69) is 38.1 Å². The summed E-state index contributed by atoms with van der Waals surface area (Å²) < 4.78 is 0. The lowest BCUT2D eigenvalue weighted by Gasteiger charge is -2.35. The summed E-state index contributed by atoms with van der Waals surface area (Å²) in [5, 5.41) is 12.1. The molecule has 0 unspecified atom stereocenters. The van der Waals surface area contributed by atoms with Crippen LogP contribution in [-0.2, 0) is 6.54 Å². The van der Waals surface area contributed by atoms with E-state index in [0.29, 0.717) is 5.56 Å². The number of anilines is 2. The Kier molecular flexibility index (Phi) is 5.46. The standard InChI is InChI=1S/C19H24N6/c1-3-21-18-12-15(2)22-19(23-18)25-10-8-24(9-11-25)14-17-6-4-16(13-20)5-7-17/h4-7,12H,3,8-11,14H2,1-2H3,(H,21,22,23). The van der Waals surface area contributed by atoms with Gasteiger partial charge >= 0.3 is 0 Å². The van der Waals surface area contributed by atoms with Crippen LogP contribution in [-0.4, -0.2) is 47.6 Å². The van der Waals surface area contributed by atoms with Gasteiger partial charge in [-0.1, -0.05) is 12.1 Å². The van der Waals surface area contributed by atoms with Gasteiger partial charge < -0.3 is 10.2 Å². The van der Waals surface area contributed by atoms with Crippen molar-refractivity contribution in [3.63, 3.8) is 0 Å². The Hall–Kier alpha value is -2.65. The molecule has 2 heterocycles. The summed E-state index contributed by atoms with van der Waals surface area (Å²) in [5.74, 6) is 1.71. The monoisotopic (exact) mass is 336 g/mol. The molecule has 0 aliphatic carbocycles. The number of benzene rings is 1. The fourth-order valence-corrected chi connectivity index (χ4v) is 3.01. The van der Waals surface area contributed by atoms with Crippen molar-refractivity contribution in [2.45, 2.75) is 20.4 Å². The van der Waals surface area contributed by atoms with Gasteiger partial charge in [-0.15, -0.1) is 0 Å². The zero-order valence-electron chi connectivity index (χ0n) is 14.9. The molecule has 1 aromatic heterocycles. The number of nitrogens with zero attached hydrogens (tertiary/aromatic N) is 5. The van der Waals surface area contributed by atoms with Gasteiger partial charge in [0, 0.05) is 51.0 Å². The average molecular weight is 336 g/mol. The summed E-state index contributed by atoms with van der Waals surface area (Å²) >= 11 is 0. The average Bonchev–Trinajstić information content (AvgIpc) is 2.63. The van der Waals surface area contributed by atoms with E-state index in [-0.39, 0.29) is 0 Å². The van der Waals surface area contributed by atoms with Crippen LogP contribution < -0.4 is 10.2 Å². The summed E-state index contributed by atoms with van der Waals surface area (Å²) in [5.41, 5.74) is 2.94. The smallest absolute Gasteiger partial charge is 0.227 e. The van der Waals surface area contributed by atoms with Gasteiger partial charge in [0.1, 0.15) is 5.82 Å². The minimum Gasteiger partial charge on any atom is -0.370 e. The molecular weight excluding hydrogens is 312 g/mol. The molecule has 25 heavy (non-hydrogen) atoms. The van der Waals surface area contributed by atoms with Crippen LogP contribution in [0.1, 0.15) is 23.7 Å². The summed E-state index contributed by atoms with van der Waals surface area (Å²) in [6.07, 6.45) is 0. The van der Waals surface area contributed by atoms with Gasteiger partial charge in [0.2, 0.25) is 5.95 Å².